The van der Waals surface area contributed by atoms with Gasteiger partial charge in [0.15, 0.2) is 9.84 Å². The third kappa shape index (κ3) is 3.94. The van der Waals surface area contributed by atoms with Crippen molar-refractivity contribution in [1.29, 1.82) is 0 Å². The molecule has 1 aliphatic carbocycles. The number of aryl methyl sites for hydroxylation is 1. The second kappa shape index (κ2) is 7.13. The quantitative estimate of drug-likeness (QED) is 0.849. The molecule has 0 spiro atoms. The summed E-state index contributed by atoms with van der Waals surface area (Å²) >= 11 is 6.06. The van der Waals surface area contributed by atoms with Crippen molar-refractivity contribution in [2.75, 3.05) is 29.9 Å². The Labute approximate surface area is 163 Å². The van der Waals surface area contributed by atoms with Crippen LogP contribution in [0.25, 0.3) is 0 Å². The number of rotatable bonds is 3. The summed E-state index contributed by atoms with van der Waals surface area (Å²) in [5, 5.41) is 4.17. The van der Waals surface area contributed by atoms with Crippen molar-refractivity contribution in [3.05, 3.63) is 58.2 Å². The van der Waals surface area contributed by atoms with E-state index in [1.165, 1.54) is 11.1 Å². The van der Waals surface area contributed by atoms with Crippen LogP contribution >= 0.6 is 11.6 Å². The monoisotopic (exact) mass is 405 g/mol. The third-order valence-corrected chi connectivity index (χ3v) is 6.99. The summed E-state index contributed by atoms with van der Waals surface area (Å²) in [7, 11) is -3.01. The van der Waals surface area contributed by atoms with Crippen molar-refractivity contribution in [2.45, 2.75) is 18.9 Å². The molecule has 2 heterocycles. The first-order chi connectivity index (χ1) is 12.9. The number of carbonyl (C=O) groups is 1. The van der Waals surface area contributed by atoms with E-state index in [1.807, 2.05) is 18.2 Å². The van der Waals surface area contributed by atoms with Crippen LogP contribution in [0.1, 0.15) is 33.9 Å². The lowest BCUT2D eigenvalue weighted by molar-refractivity contribution is 0.0770. The Morgan fingerprint density at radius 1 is 1.19 bits per heavy atom. The maximum Gasteiger partial charge on any atom is 0.255 e. The number of fused-ring (bicyclic) bond motifs is 1. The average molecular weight is 406 g/mol. The molecule has 0 radical (unpaired) electrons. The van der Waals surface area contributed by atoms with Crippen molar-refractivity contribution in [2.24, 2.45) is 0 Å². The molecule has 0 saturated carbocycles. The van der Waals surface area contributed by atoms with Crippen LogP contribution in [0.15, 0.2) is 36.5 Å². The first-order valence-electron chi connectivity index (χ1n) is 8.92. The van der Waals surface area contributed by atoms with Crippen molar-refractivity contribution in [3.63, 3.8) is 0 Å². The molecule has 2 aromatic rings. The number of sulfone groups is 1. The fourth-order valence-corrected chi connectivity index (χ4v) is 5.01. The van der Waals surface area contributed by atoms with E-state index in [-0.39, 0.29) is 36.5 Å². The van der Waals surface area contributed by atoms with Gasteiger partial charge in [-0.25, -0.2) is 13.4 Å². The molecule has 0 bridgehead atoms. The minimum absolute atomic E-state index is 0.0247. The predicted octanol–water partition coefficient (Wildman–Crippen LogP) is 2.71. The summed E-state index contributed by atoms with van der Waals surface area (Å²) in [6.07, 6.45) is 3.49. The molecular formula is C19H20ClN3O3S. The van der Waals surface area contributed by atoms with Gasteiger partial charge in [0.25, 0.3) is 5.91 Å². The van der Waals surface area contributed by atoms with Gasteiger partial charge in [0.2, 0.25) is 0 Å². The highest BCUT2D eigenvalue weighted by Crippen LogP contribution is 2.34. The number of aromatic nitrogens is 1. The average Bonchev–Trinajstić information content (AvgIpc) is 3.03. The van der Waals surface area contributed by atoms with E-state index in [1.54, 1.807) is 23.2 Å². The number of hydrogen-bond donors (Lipinski definition) is 1. The van der Waals surface area contributed by atoms with Crippen LogP contribution in [-0.2, 0) is 16.3 Å². The van der Waals surface area contributed by atoms with Gasteiger partial charge >= 0.3 is 0 Å². The standard InChI is InChI=1S/C19H20ClN3O3S/c20-15-3-4-16-13(11-15)1-5-17(16)22-18-6-2-14(12-21-18)19(24)23-7-9-27(25,26)10-8-23/h2-4,6,11-12,17H,1,5,7-10H2,(H,21,22). The van der Waals surface area contributed by atoms with Gasteiger partial charge < -0.3 is 10.2 Å². The molecule has 1 atom stereocenters. The van der Waals surface area contributed by atoms with Gasteiger partial charge in [-0.1, -0.05) is 17.7 Å². The predicted molar refractivity (Wildman–Crippen MR) is 105 cm³/mol. The molecule has 1 amide bonds. The second-order valence-electron chi connectivity index (χ2n) is 6.95. The first kappa shape index (κ1) is 18.3. The van der Waals surface area contributed by atoms with E-state index >= 15 is 0 Å². The third-order valence-electron chi connectivity index (χ3n) is 5.15. The molecule has 8 heteroatoms. The Bertz CT molecular complexity index is 962. The van der Waals surface area contributed by atoms with E-state index in [4.69, 9.17) is 11.6 Å². The lowest BCUT2D eigenvalue weighted by Crippen LogP contribution is -2.43. The van der Waals surface area contributed by atoms with Gasteiger partial charge in [-0.3, -0.25) is 4.79 Å². The zero-order chi connectivity index (χ0) is 19.0. The number of nitrogens with one attached hydrogen (secondary N) is 1. The Kier molecular flexibility index (Phi) is 4.82. The maximum absolute atomic E-state index is 12.5. The van der Waals surface area contributed by atoms with Gasteiger partial charge in [0.1, 0.15) is 5.82 Å². The van der Waals surface area contributed by atoms with Crippen LogP contribution in [0.2, 0.25) is 5.02 Å². The molecule has 1 saturated heterocycles. The van der Waals surface area contributed by atoms with Crippen LogP contribution in [0.5, 0.6) is 0 Å². The molecule has 1 fully saturated rings. The molecule has 1 aromatic heterocycles. The van der Waals surface area contributed by atoms with E-state index in [0.29, 0.717) is 11.4 Å². The van der Waals surface area contributed by atoms with Gasteiger partial charge in [-0.15, -0.1) is 0 Å². The zero-order valence-corrected chi connectivity index (χ0v) is 16.3. The van der Waals surface area contributed by atoms with E-state index < -0.39 is 9.84 Å². The normalized spacial score (nSPS) is 20.9. The zero-order valence-electron chi connectivity index (χ0n) is 14.7. The first-order valence-corrected chi connectivity index (χ1v) is 11.1. The van der Waals surface area contributed by atoms with E-state index in [9.17, 15) is 13.2 Å². The fraction of sp³-hybridized carbons (Fsp3) is 0.368. The second-order valence-corrected chi connectivity index (χ2v) is 9.69. The lowest BCUT2D eigenvalue weighted by Gasteiger charge is -2.26. The summed E-state index contributed by atoms with van der Waals surface area (Å²) in [6, 6.07) is 9.66. The topological polar surface area (TPSA) is 79.4 Å². The lowest BCUT2D eigenvalue weighted by atomic mass is 10.1. The van der Waals surface area contributed by atoms with Crippen LogP contribution in [0.3, 0.4) is 0 Å². The van der Waals surface area contributed by atoms with Crippen molar-refractivity contribution >= 4 is 33.2 Å². The molecule has 1 aromatic carbocycles. The Balaban J connectivity index is 1.42. The molecule has 2 aliphatic rings. The van der Waals surface area contributed by atoms with E-state index in [2.05, 4.69) is 10.3 Å². The summed E-state index contributed by atoms with van der Waals surface area (Å²) in [5.41, 5.74) is 2.96. The summed E-state index contributed by atoms with van der Waals surface area (Å²) in [6.45, 7) is 0.477. The van der Waals surface area contributed by atoms with Crippen molar-refractivity contribution < 1.29 is 13.2 Å². The minimum Gasteiger partial charge on any atom is -0.363 e. The molecule has 1 unspecified atom stereocenters. The van der Waals surface area contributed by atoms with Gasteiger partial charge in [0, 0.05) is 24.3 Å². The SMILES string of the molecule is O=C(c1ccc(NC2CCc3cc(Cl)ccc32)nc1)N1CCS(=O)(=O)CC1. The number of nitrogens with zero attached hydrogens (tertiary/aromatic N) is 2. The molecule has 4 rings (SSSR count). The molecule has 1 aliphatic heterocycles. The summed E-state index contributed by atoms with van der Waals surface area (Å²) in [4.78, 5) is 18.5. The summed E-state index contributed by atoms with van der Waals surface area (Å²) < 4.78 is 23.0. The number of halogens is 1. The number of anilines is 1. The van der Waals surface area contributed by atoms with Crippen LogP contribution in [-0.4, -0.2) is 48.8 Å². The van der Waals surface area contributed by atoms with Crippen LogP contribution < -0.4 is 5.32 Å². The molecular weight excluding hydrogens is 386 g/mol. The van der Waals surface area contributed by atoms with Crippen LogP contribution in [0, 0.1) is 0 Å². The van der Waals surface area contributed by atoms with Crippen LogP contribution in [0.4, 0.5) is 5.82 Å². The van der Waals surface area contributed by atoms with E-state index in [0.717, 1.165) is 17.9 Å². The molecule has 27 heavy (non-hydrogen) atoms. The molecule has 6 nitrogen and oxygen atoms in total. The number of benzene rings is 1. The highest BCUT2D eigenvalue weighted by atomic mass is 35.5. The van der Waals surface area contributed by atoms with Gasteiger partial charge in [-0.2, -0.15) is 0 Å². The number of pyridine rings is 1. The maximum atomic E-state index is 12.5. The number of carbonyl (C=O) groups excluding carboxylic acids is 1. The van der Waals surface area contributed by atoms with Crippen molar-refractivity contribution in [1.82, 2.24) is 9.88 Å². The highest BCUT2D eigenvalue weighted by Gasteiger charge is 2.26. The minimum atomic E-state index is -3.01. The number of hydrogen-bond acceptors (Lipinski definition) is 5. The Morgan fingerprint density at radius 2 is 1.96 bits per heavy atom. The summed E-state index contributed by atoms with van der Waals surface area (Å²) in [5.74, 6) is 0.582. The largest absolute Gasteiger partial charge is 0.363 e. The van der Waals surface area contributed by atoms with Gasteiger partial charge in [0.05, 0.1) is 23.1 Å². The smallest absolute Gasteiger partial charge is 0.255 e. The highest BCUT2D eigenvalue weighted by molar-refractivity contribution is 7.91. The van der Waals surface area contributed by atoms with Crippen molar-refractivity contribution in [3.8, 4) is 0 Å². The number of amides is 1. The molecule has 142 valence electrons. The molecule has 1 N–H and O–H groups in total. The Morgan fingerprint density at radius 3 is 2.67 bits per heavy atom. The van der Waals surface area contributed by atoms with Gasteiger partial charge in [-0.05, 0) is 48.2 Å². The fourth-order valence-electron chi connectivity index (χ4n) is 3.62. The Hall–Kier alpha value is -2.12.